The van der Waals surface area contributed by atoms with Crippen LogP contribution in [0.5, 0.6) is 23.0 Å². The van der Waals surface area contributed by atoms with Crippen molar-refractivity contribution in [2.75, 3.05) is 4.90 Å². The first-order valence-electron chi connectivity index (χ1n) is 23.5. The average Bonchev–Trinajstić information content (AvgIpc) is 3.40. The van der Waals surface area contributed by atoms with Gasteiger partial charge in [-0.15, -0.1) is 0 Å². The Morgan fingerprint density at radius 2 is 0.884 bits per heavy atom. The van der Waals surface area contributed by atoms with E-state index in [4.69, 9.17) is 9.47 Å². The summed E-state index contributed by atoms with van der Waals surface area (Å²) >= 11 is 3.68. The summed E-state index contributed by atoms with van der Waals surface area (Å²) in [4.78, 5) is 7.24. The van der Waals surface area contributed by atoms with Gasteiger partial charge in [0.1, 0.15) is 23.0 Å². The average molecular weight is 914 g/mol. The molecule has 4 heterocycles. The van der Waals surface area contributed by atoms with Gasteiger partial charge >= 0.3 is 0 Å². The maximum atomic E-state index is 7.27. The van der Waals surface area contributed by atoms with Crippen molar-refractivity contribution in [3.63, 3.8) is 0 Å². The zero-order valence-corrected chi connectivity index (χ0v) is 38.7. The Kier molecular flexibility index (Phi) is 8.72. The number of fused-ring (bicyclic) bond motifs is 10. The van der Waals surface area contributed by atoms with Crippen molar-refractivity contribution in [1.29, 1.82) is 0 Å². The quantitative estimate of drug-likeness (QED) is 0.126. The van der Waals surface area contributed by atoms with Gasteiger partial charge < -0.3 is 14.4 Å². The fourth-order valence-electron chi connectivity index (χ4n) is 11.4. The molecule has 0 atom stereocenters. The van der Waals surface area contributed by atoms with Crippen molar-refractivity contribution in [3.8, 4) is 45.3 Å². The normalized spacial score (nSPS) is 13.3. The van der Waals surface area contributed by atoms with Gasteiger partial charge in [-0.2, -0.15) is 0 Å². The minimum atomic E-state index is -0.0112. The third-order valence-electron chi connectivity index (χ3n) is 14.4. The highest BCUT2D eigenvalue weighted by atomic mass is 32.2. The highest BCUT2D eigenvalue weighted by molar-refractivity contribution is 8.00. The van der Waals surface area contributed by atoms with Gasteiger partial charge in [-0.1, -0.05) is 174 Å². The zero-order chi connectivity index (χ0) is 45.2. The number of benzene rings is 11. The zero-order valence-electron chi connectivity index (χ0n) is 37.1. The molecule has 0 amide bonds. The molecule has 7 heteroatoms. The summed E-state index contributed by atoms with van der Waals surface area (Å²) in [6, 6.07) is 81.8. The largest absolute Gasteiger partial charge is 0.458 e. The molecule has 11 aromatic rings. The molecule has 0 fully saturated rings. The Bertz CT molecular complexity index is 3920. The van der Waals surface area contributed by atoms with Crippen molar-refractivity contribution < 1.29 is 9.47 Å². The van der Waals surface area contributed by atoms with Gasteiger partial charge in [-0.25, -0.2) is 0 Å². The molecule has 0 spiro atoms. The van der Waals surface area contributed by atoms with E-state index in [9.17, 15) is 0 Å². The van der Waals surface area contributed by atoms with Crippen LogP contribution >= 0.6 is 23.5 Å². The SMILES string of the molecule is c1ccc(N(c2ccccc2)c2cc3c4c(c2)Sc2ccccc2B4c2cc4c(cc2O3)Sc2cc(-c3ccccc3-c3ccc5cc6ccccc6cc5c3)cc3c2B4c2ccccc2O3)cc1. The maximum Gasteiger partial charge on any atom is 0.253 e. The Hall–Kier alpha value is -7.83. The van der Waals surface area contributed by atoms with E-state index in [-0.39, 0.29) is 13.4 Å². The molecular weight excluding hydrogens is 876 g/mol. The van der Waals surface area contributed by atoms with Gasteiger partial charge in [-0.05, 0) is 145 Å². The maximum absolute atomic E-state index is 7.27. The number of ether oxygens (including phenoxy) is 2. The Morgan fingerprint density at radius 3 is 1.67 bits per heavy atom. The summed E-state index contributed by atoms with van der Waals surface area (Å²) in [7, 11) is 0. The van der Waals surface area contributed by atoms with Gasteiger partial charge in [0.05, 0.1) is 5.69 Å². The van der Waals surface area contributed by atoms with Crippen LogP contribution in [-0.4, -0.2) is 13.4 Å². The number of para-hydroxylation sites is 3. The first kappa shape index (κ1) is 39.2. The molecule has 0 aromatic heterocycles. The fourth-order valence-corrected chi connectivity index (χ4v) is 13.8. The second-order valence-electron chi connectivity index (χ2n) is 18.3. The number of rotatable bonds is 5. The monoisotopic (exact) mass is 913 g/mol. The number of nitrogens with zero attached hydrogens (tertiary/aromatic N) is 1. The van der Waals surface area contributed by atoms with Gasteiger partial charge in [-0.3, -0.25) is 0 Å². The van der Waals surface area contributed by atoms with Crippen LogP contribution in [0.25, 0.3) is 43.8 Å². The first-order chi connectivity index (χ1) is 34.2. The summed E-state index contributed by atoms with van der Waals surface area (Å²) in [5, 5.41) is 4.98. The number of hydrogen-bond donors (Lipinski definition) is 0. The van der Waals surface area contributed by atoms with Crippen molar-refractivity contribution >= 4 is 108 Å². The molecule has 0 bridgehead atoms. The Balaban J connectivity index is 0.886. The van der Waals surface area contributed by atoms with Gasteiger partial charge in [0.15, 0.2) is 0 Å². The smallest absolute Gasteiger partial charge is 0.253 e. The molecule has 0 radical (unpaired) electrons. The lowest BCUT2D eigenvalue weighted by atomic mass is 9.32. The number of anilines is 3. The van der Waals surface area contributed by atoms with Crippen LogP contribution in [0.2, 0.25) is 0 Å². The molecule has 0 saturated heterocycles. The Labute approximate surface area is 409 Å². The topological polar surface area (TPSA) is 21.7 Å². The number of hydrogen-bond acceptors (Lipinski definition) is 5. The van der Waals surface area contributed by atoms with E-state index in [0.29, 0.717) is 0 Å². The predicted molar refractivity (Wildman–Crippen MR) is 290 cm³/mol. The lowest BCUT2D eigenvalue weighted by Crippen LogP contribution is -2.62. The predicted octanol–water partition coefficient (Wildman–Crippen LogP) is 13.0. The molecule has 0 aliphatic carbocycles. The van der Waals surface area contributed by atoms with E-state index in [2.05, 4.69) is 229 Å². The lowest BCUT2D eigenvalue weighted by Gasteiger charge is -2.37. The van der Waals surface area contributed by atoms with Crippen LogP contribution in [0, 0.1) is 0 Å². The van der Waals surface area contributed by atoms with E-state index in [1.165, 1.54) is 90.6 Å². The second-order valence-corrected chi connectivity index (χ2v) is 20.5. The van der Waals surface area contributed by atoms with Crippen molar-refractivity contribution in [3.05, 3.63) is 224 Å². The molecule has 0 saturated carbocycles. The summed E-state index contributed by atoms with van der Waals surface area (Å²) in [6.45, 7) is -0.00558. The third-order valence-corrected chi connectivity index (χ3v) is 16.7. The molecule has 3 nitrogen and oxygen atoms in total. The standard InChI is InChI=1S/C62H37B2NO2S2/c1-3-17-44(18-4-1)65(45-19-5-2-6-20-45)46-34-56-62-60(35-46)68-57-26-14-12-24-50(57)64(62)51-36-52-58(37-54(51)67-56)69-59-33-43(32-55-61(59)63(52)49-23-11-13-25-53(49)66-55)48-22-10-9-21-47(48)41-28-27-40-29-38-15-7-8-16-39(38)30-42(40)31-41/h1-37H. The molecular formula is C62H37B2NO2S2. The van der Waals surface area contributed by atoms with Crippen LogP contribution in [-0.2, 0) is 0 Å². The van der Waals surface area contributed by atoms with E-state index in [1.54, 1.807) is 0 Å². The van der Waals surface area contributed by atoms with Crippen LogP contribution in [0.15, 0.2) is 244 Å². The highest BCUT2D eigenvalue weighted by Crippen LogP contribution is 2.46. The van der Waals surface area contributed by atoms with Crippen molar-refractivity contribution in [2.24, 2.45) is 0 Å². The molecule has 0 unspecified atom stereocenters. The molecule has 69 heavy (non-hydrogen) atoms. The first-order valence-corrected chi connectivity index (χ1v) is 25.2. The minimum absolute atomic E-state index is 0.00566. The van der Waals surface area contributed by atoms with E-state index in [1.807, 2.05) is 23.5 Å². The van der Waals surface area contributed by atoms with Gasteiger partial charge in [0, 0.05) is 37.0 Å². The molecule has 11 aromatic carbocycles. The summed E-state index contributed by atoms with van der Waals surface area (Å²) < 4.78 is 14.2. The van der Waals surface area contributed by atoms with Crippen molar-refractivity contribution in [1.82, 2.24) is 0 Å². The summed E-state index contributed by atoms with van der Waals surface area (Å²) in [5.41, 5.74) is 15.4. The van der Waals surface area contributed by atoms with E-state index < -0.39 is 0 Å². The highest BCUT2D eigenvalue weighted by Gasteiger charge is 2.44. The fraction of sp³-hybridized carbons (Fsp3) is 0. The lowest BCUT2D eigenvalue weighted by molar-refractivity contribution is 0.485. The molecule has 15 rings (SSSR count). The molecule has 4 aliphatic rings. The van der Waals surface area contributed by atoms with Gasteiger partial charge in [0.25, 0.3) is 13.4 Å². The van der Waals surface area contributed by atoms with Crippen LogP contribution in [0.4, 0.5) is 17.1 Å². The van der Waals surface area contributed by atoms with Crippen LogP contribution in [0.1, 0.15) is 0 Å². The van der Waals surface area contributed by atoms with E-state index >= 15 is 0 Å². The van der Waals surface area contributed by atoms with Crippen LogP contribution < -0.4 is 47.2 Å². The van der Waals surface area contributed by atoms with Crippen molar-refractivity contribution in [2.45, 2.75) is 19.6 Å². The molecule has 320 valence electrons. The summed E-state index contributed by atoms with van der Waals surface area (Å²) in [5.74, 6) is 3.63. The van der Waals surface area contributed by atoms with E-state index in [0.717, 1.165) is 45.6 Å². The minimum Gasteiger partial charge on any atom is -0.458 e. The molecule has 4 aliphatic heterocycles. The Morgan fingerprint density at radius 1 is 0.304 bits per heavy atom. The van der Waals surface area contributed by atoms with Gasteiger partial charge in [0.2, 0.25) is 0 Å². The second kappa shape index (κ2) is 15.3. The van der Waals surface area contributed by atoms with Crippen LogP contribution in [0.3, 0.4) is 0 Å². The summed E-state index contributed by atoms with van der Waals surface area (Å²) in [6.07, 6.45) is 0. The third kappa shape index (κ3) is 6.20. The molecule has 0 N–H and O–H groups in total.